The number of primary amides is 1. The number of fused-ring (bicyclic) bond motifs is 1. The molecule has 1 heterocycles. The lowest BCUT2D eigenvalue weighted by Crippen LogP contribution is -2.28. The Hall–Kier alpha value is -2.30. The Bertz CT molecular complexity index is 566. The third-order valence-corrected chi connectivity index (χ3v) is 2.36. The van der Waals surface area contributed by atoms with Crippen LogP contribution in [0.25, 0.3) is 10.9 Å². The van der Waals surface area contributed by atoms with Gasteiger partial charge in [0.25, 0.3) is 5.91 Å². The summed E-state index contributed by atoms with van der Waals surface area (Å²) in [7, 11) is 1.39. The molecule has 2 N–H and O–H groups in total. The fraction of sp³-hybridized carbons (Fsp3) is 0.0909. The number of pyridine rings is 1. The Morgan fingerprint density at radius 2 is 2.12 bits per heavy atom. The second kappa shape index (κ2) is 3.69. The molecule has 5 heteroatoms. The van der Waals surface area contributed by atoms with Crippen LogP contribution in [0.1, 0.15) is 10.4 Å². The van der Waals surface area contributed by atoms with Crippen LogP contribution in [-0.4, -0.2) is 13.0 Å². The molecule has 82 valence electrons. The molecule has 1 amide bonds. The zero-order valence-corrected chi connectivity index (χ0v) is 8.64. The van der Waals surface area contributed by atoms with Crippen LogP contribution in [0, 0.1) is 5.21 Å². The molecule has 0 atom stereocenters. The van der Waals surface area contributed by atoms with Crippen LogP contribution < -0.4 is 15.2 Å². The molecular formula is C11H10N2O3. The highest BCUT2D eigenvalue weighted by molar-refractivity contribution is 6.06. The van der Waals surface area contributed by atoms with Gasteiger partial charge in [0.2, 0.25) is 11.7 Å². The summed E-state index contributed by atoms with van der Waals surface area (Å²) in [6, 6.07) is 6.72. The maximum absolute atomic E-state index is 11.6. The molecule has 0 unspecified atom stereocenters. The van der Waals surface area contributed by atoms with Gasteiger partial charge in [0.1, 0.15) is 5.56 Å². The van der Waals surface area contributed by atoms with Crippen molar-refractivity contribution >= 4 is 16.8 Å². The van der Waals surface area contributed by atoms with E-state index in [-0.39, 0.29) is 11.3 Å². The van der Waals surface area contributed by atoms with Gasteiger partial charge in [-0.1, -0.05) is 12.1 Å². The van der Waals surface area contributed by atoms with Crippen molar-refractivity contribution in [3.05, 3.63) is 41.2 Å². The van der Waals surface area contributed by atoms with Crippen LogP contribution in [0.2, 0.25) is 0 Å². The van der Waals surface area contributed by atoms with Crippen LogP contribution in [0.4, 0.5) is 0 Å². The van der Waals surface area contributed by atoms with Crippen LogP contribution in [0.15, 0.2) is 30.5 Å². The summed E-state index contributed by atoms with van der Waals surface area (Å²) in [5, 5.41) is 12.1. The first-order valence-corrected chi connectivity index (χ1v) is 4.64. The number of nitrogens with zero attached hydrogens (tertiary/aromatic N) is 1. The summed E-state index contributed by atoms with van der Waals surface area (Å²) in [6.45, 7) is 0. The second-order valence-electron chi connectivity index (χ2n) is 3.28. The molecule has 2 aromatic rings. The Labute approximate surface area is 91.6 Å². The van der Waals surface area contributed by atoms with Crippen LogP contribution >= 0.6 is 0 Å². The standard InChI is InChI=1S/C11H10N2O3/c1-16-9-6-13(15)8-5-3-2-4-7(8)10(9)11(12)14/h2-6H,1H3,(H2,12,14). The van der Waals surface area contributed by atoms with Crippen LogP contribution in [-0.2, 0) is 0 Å². The average Bonchev–Trinajstić information content (AvgIpc) is 2.28. The van der Waals surface area contributed by atoms with Crippen molar-refractivity contribution in [3.8, 4) is 5.75 Å². The molecule has 0 radical (unpaired) electrons. The maximum Gasteiger partial charge on any atom is 0.253 e. The van der Waals surface area contributed by atoms with E-state index in [0.717, 1.165) is 0 Å². The Kier molecular flexibility index (Phi) is 2.36. The lowest BCUT2D eigenvalue weighted by atomic mass is 10.1. The van der Waals surface area contributed by atoms with Gasteiger partial charge in [0.05, 0.1) is 12.5 Å². The first-order valence-electron chi connectivity index (χ1n) is 4.64. The van der Waals surface area contributed by atoms with E-state index >= 15 is 0 Å². The van der Waals surface area contributed by atoms with Crippen molar-refractivity contribution in [2.24, 2.45) is 5.73 Å². The molecule has 0 aliphatic carbocycles. The summed E-state index contributed by atoms with van der Waals surface area (Å²) in [5.74, 6) is -0.435. The van der Waals surface area contributed by atoms with E-state index in [4.69, 9.17) is 10.5 Å². The normalized spacial score (nSPS) is 10.3. The number of hydrogen-bond donors (Lipinski definition) is 1. The average molecular weight is 218 g/mol. The van der Waals surface area contributed by atoms with Crippen molar-refractivity contribution < 1.29 is 14.3 Å². The maximum atomic E-state index is 11.6. The lowest BCUT2D eigenvalue weighted by Gasteiger charge is -2.09. The Morgan fingerprint density at radius 1 is 1.44 bits per heavy atom. The number of amides is 1. The number of carbonyl (C=O) groups excluding carboxylic acids is 1. The summed E-state index contributed by atoms with van der Waals surface area (Å²) in [4.78, 5) is 11.3. The highest BCUT2D eigenvalue weighted by atomic mass is 16.5. The number of aromatic nitrogens is 1. The molecule has 0 aliphatic rings. The fourth-order valence-electron chi connectivity index (χ4n) is 1.66. The van der Waals surface area contributed by atoms with E-state index in [1.54, 1.807) is 24.3 Å². The minimum absolute atomic E-state index is 0.182. The smallest absolute Gasteiger partial charge is 0.253 e. The first kappa shape index (κ1) is 10.2. The highest BCUT2D eigenvalue weighted by Crippen LogP contribution is 2.24. The highest BCUT2D eigenvalue weighted by Gasteiger charge is 2.19. The molecule has 16 heavy (non-hydrogen) atoms. The molecule has 0 saturated heterocycles. The van der Waals surface area contributed by atoms with Crippen molar-refractivity contribution in [2.45, 2.75) is 0 Å². The van der Waals surface area contributed by atoms with E-state index in [9.17, 15) is 10.0 Å². The van der Waals surface area contributed by atoms with E-state index in [2.05, 4.69) is 0 Å². The molecular weight excluding hydrogens is 208 g/mol. The predicted octanol–water partition coefficient (Wildman–Crippen LogP) is 0.581. The third kappa shape index (κ3) is 1.42. The summed E-state index contributed by atoms with van der Waals surface area (Å²) >= 11 is 0. The summed E-state index contributed by atoms with van der Waals surface area (Å²) in [6.07, 6.45) is 1.20. The minimum atomic E-state index is -0.617. The topological polar surface area (TPSA) is 79.3 Å². The van der Waals surface area contributed by atoms with E-state index in [1.165, 1.54) is 13.3 Å². The predicted molar refractivity (Wildman–Crippen MR) is 58.0 cm³/mol. The number of nitrogens with two attached hydrogens (primary N) is 1. The van der Waals surface area contributed by atoms with E-state index < -0.39 is 5.91 Å². The van der Waals surface area contributed by atoms with E-state index in [1.807, 2.05) is 0 Å². The van der Waals surface area contributed by atoms with Gasteiger partial charge in [0, 0.05) is 6.07 Å². The largest absolute Gasteiger partial charge is 0.618 e. The third-order valence-electron chi connectivity index (χ3n) is 2.36. The molecule has 1 aromatic heterocycles. The van der Waals surface area contributed by atoms with Gasteiger partial charge in [-0.3, -0.25) is 4.79 Å². The molecule has 0 fully saturated rings. The molecule has 2 rings (SSSR count). The molecule has 5 nitrogen and oxygen atoms in total. The zero-order chi connectivity index (χ0) is 11.7. The van der Waals surface area contributed by atoms with Crippen molar-refractivity contribution in [3.63, 3.8) is 0 Å². The summed E-state index contributed by atoms with van der Waals surface area (Å²) in [5.41, 5.74) is 5.89. The lowest BCUT2D eigenvalue weighted by molar-refractivity contribution is -0.577. The quantitative estimate of drug-likeness (QED) is 0.591. The van der Waals surface area contributed by atoms with Crippen LogP contribution in [0.5, 0.6) is 5.75 Å². The number of para-hydroxylation sites is 1. The second-order valence-corrected chi connectivity index (χ2v) is 3.28. The van der Waals surface area contributed by atoms with Gasteiger partial charge in [-0.25, -0.2) is 0 Å². The van der Waals surface area contributed by atoms with Gasteiger partial charge in [-0.05, 0) is 6.07 Å². The number of carbonyl (C=O) groups is 1. The van der Waals surface area contributed by atoms with Gasteiger partial charge in [0.15, 0.2) is 5.75 Å². The zero-order valence-electron chi connectivity index (χ0n) is 8.64. The van der Waals surface area contributed by atoms with Crippen molar-refractivity contribution in [1.29, 1.82) is 0 Å². The summed E-state index contributed by atoms with van der Waals surface area (Å²) < 4.78 is 5.63. The first-order chi connectivity index (χ1) is 7.65. The monoisotopic (exact) mass is 218 g/mol. The van der Waals surface area contributed by atoms with Crippen LogP contribution in [0.3, 0.4) is 0 Å². The fourth-order valence-corrected chi connectivity index (χ4v) is 1.66. The molecule has 0 spiro atoms. The molecule has 0 bridgehead atoms. The van der Waals surface area contributed by atoms with Crippen molar-refractivity contribution in [1.82, 2.24) is 0 Å². The number of ether oxygens (including phenoxy) is 1. The Morgan fingerprint density at radius 3 is 2.75 bits per heavy atom. The number of rotatable bonds is 2. The molecule has 1 aromatic carbocycles. The number of methoxy groups -OCH3 is 1. The molecule has 0 aliphatic heterocycles. The van der Waals surface area contributed by atoms with Gasteiger partial charge in [-0.2, -0.15) is 4.73 Å². The minimum Gasteiger partial charge on any atom is -0.618 e. The number of benzene rings is 1. The number of hydrogen-bond acceptors (Lipinski definition) is 3. The van der Waals surface area contributed by atoms with Crippen molar-refractivity contribution in [2.75, 3.05) is 7.11 Å². The van der Waals surface area contributed by atoms with Gasteiger partial charge in [-0.15, -0.1) is 0 Å². The van der Waals surface area contributed by atoms with Gasteiger partial charge < -0.3 is 15.7 Å². The SMILES string of the molecule is COc1c[n+]([O-])c2ccccc2c1C(N)=O. The van der Waals surface area contributed by atoms with Gasteiger partial charge >= 0.3 is 0 Å². The van der Waals surface area contributed by atoms with E-state index in [0.29, 0.717) is 15.6 Å². The molecule has 0 saturated carbocycles. The Balaban J connectivity index is 2.92.